The fourth-order valence-corrected chi connectivity index (χ4v) is 4.04. The molecule has 4 heterocycles. The number of methoxy groups -OCH3 is 1. The quantitative estimate of drug-likeness (QED) is 0.414. The van der Waals surface area contributed by atoms with Crippen molar-refractivity contribution in [2.75, 3.05) is 38.7 Å². The molecule has 0 aliphatic carbocycles. The van der Waals surface area contributed by atoms with E-state index in [-0.39, 0.29) is 11.8 Å². The predicted molar refractivity (Wildman–Crippen MR) is 123 cm³/mol. The summed E-state index contributed by atoms with van der Waals surface area (Å²) in [5, 5.41) is 7.17. The maximum Gasteiger partial charge on any atom is 0.274 e. The molecule has 1 fully saturated rings. The molecule has 0 bridgehead atoms. The average molecular weight is 447 g/mol. The summed E-state index contributed by atoms with van der Waals surface area (Å²) in [7, 11) is 1.72. The monoisotopic (exact) mass is 446 g/mol. The van der Waals surface area contributed by atoms with Crippen LogP contribution in [0.15, 0.2) is 53.3 Å². The molecule has 9 heteroatoms. The Balaban J connectivity index is 1.28. The van der Waals surface area contributed by atoms with Gasteiger partial charge in [0.05, 0.1) is 12.1 Å². The van der Waals surface area contributed by atoms with Crippen LogP contribution in [-0.2, 0) is 4.74 Å². The molecule has 9 nitrogen and oxygen atoms in total. The van der Waals surface area contributed by atoms with Crippen LogP contribution in [0.3, 0.4) is 0 Å². The molecular formula is C24H26N6O3. The number of rotatable bonds is 8. The number of aromatic nitrogens is 4. The van der Waals surface area contributed by atoms with E-state index in [1.54, 1.807) is 17.7 Å². The molecule has 0 spiro atoms. The van der Waals surface area contributed by atoms with Gasteiger partial charge in [-0.15, -0.1) is 0 Å². The number of benzene rings is 1. The number of hydrogen-bond donors (Lipinski definition) is 1. The highest BCUT2D eigenvalue weighted by Crippen LogP contribution is 2.29. The lowest BCUT2D eigenvalue weighted by Crippen LogP contribution is -2.45. The van der Waals surface area contributed by atoms with Crippen molar-refractivity contribution < 1.29 is 14.1 Å². The van der Waals surface area contributed by atoms with Crippen molar-refractivity contribution >= 4 is 17.2 Å². The summed E-state index contributed by atoms with van der Waals surface area (Å²) in [6.45, 7) is 5.57. The summed E-state index contributed by atoms with van der Waals surface area (Å²) >= 11 is 0. The van der Waals surface area contributed by atoms with Crippen LogP contribution < -0.4 is 5.32 Å². The van der Waals surface area contributed by atoms with Gasteiger partial charge in [-0.2, -0.15) is 4.98 Å². The lowest BCUT2D eigenvalue weighted by Gasteiger charge is -2.36. The molecule has 3 aromatic heterocycles. The van der Waals surface area contributed by atoms with Crippen LogP contribution in [0.4, 0.5) is 5.69 Å². The van der Waals surface area contributed by atoms with Gasteiger partial charge >= 0.3 is 0 Å². The standard InChI is InChI=1S/C24H26N6O3/c1-16-7-8-17(22-27-24(33-28-22)18-14-29(15-18)9-5-11-32-2)12-19(16)26-23(31)20-13-25-21-6-3-4-10-30(20)21/h3-4,6-8,10,12-13,18H,5,9,11,14-15H2,1-2H3,(H,26,31). The zero-order valence-corrected chi connectivity index (χ0v) is 18.7. The van der Waals surface area contributed by atoms with E-state index >= 15 is 0 Å². The molecule has 0 atom stereocenters. The maximum absolute atomic E-state index is 12.9. The molecule has 1 amide bonds. The van der Waals surface area contributed by atoms with E-state index in [2.05, 4.69) is 25.3 Å². The molecule has 1 N–H and O–H groups in total. The third-order valence-electron chi connectivity index (χ3n) is 5.96. The number of carbonyl (C=O) groups excluding carboxylic acids is 1. The van der Waals surface area contributed by atoms with Gasteiger partial charge in [-0.3, -0.25) is 9.20 Å². The van der Waals surface area contributed by atoms with Crippen molar-refractivity contribution in [1.82, 2.24) is 24.4 Å². The summed E-state index contributed by atoms with van der Waals surface area (Å²) in [5.74, 6) is 1.21. The van der Waals surface area contributed by atoms with Crippen molar-refractivity contribution in [3.05, 3.63) is 65.9 Å². The average Bonchev–Trinajstić information content (AvgIpc) is 3.44. The van der Waals surface area contributed by atoms with Gasteiger partial charge in [0.1, 0.15) is 11.3 Å². The molecule has 1 aliphatic heterocycles. The van der Waals surface area contributed by atoms with Crippen molar-refractivity contribution in [2.45, 2.75) is 19.3 Å². The number of likely N-dealkylation sites (tertiary alicyclic amines) is 1. The number of nitrogens with zero attached hydrogens (tertiary/aromatic N) is 5. The number of fused-ring (bicyclic) bond motifs is 1. The molecule has 1 saturated heterocycles. The van der Waals surface area contributed by atoms with Gasteiger partial charge < -0.3 is 19.5 Å². The van der Waals surface area contributed by atoms with Gasteiger partial charge in [0, 0.05) is 50.8 Å². The number of anilines is 1. The van der Waals surface area contributed by atoms with Crippen molar-refractivity contribution in [2.24, 2.45) is 0 Å². The molecule has 5 rings (SSSR count). The van der Waals surface area contributed by atoms with E-state index in [9.17, 15) is 4.79 Å². The SMILES string of the molecule is COCCCN1CC(c2nc(-c3ccc(C)c(NC(=O)c4cnc5ccccn45)c3)no2)C1. The predicted octanol–water partition coefficient (Wildman–Crippen LogP) is 3.38. The molecule has 33 heavy (non-hydrogen) atoms. The number of amides is 1. The van der Waals surface area contributed by atoms with Crippen LogP contribution in [0.2, 0.25) is 0 Å². The third-order valence-corrected chi connectivity index (χ3v) is 5.96. The zero-order valence-electron chi connectivity index (χ0n) is 18.7. The number of carbonyl (C=O) groups is 1. The van der Waals surface area contributed by atoms with Gasteiger partial charge in [-0.1, -0.05) is 23.4 Å². The smallest absolute Gasteiger partial charge is 0.274 e. The van der Waals surface area contributed by atoms with Gasteiger partial charge in [-0.05, 0) is 37.1 Å². The van der Waals surface area contributed by atoms with Crippen LogP contribution in [0.5, 0.6) is 0 Å². The van der Waals surface area contributed by atoms with E-state index in [0.717, 1.165) is 49.4 Å². The molecule has 1 aliphatic rings. The number of imidazole rings is 1. The minimum absolute atomic E-state index is 0.231. The highest BCUT2D eigenvalue weighted by molar-refractivity contribution is 6.04. The van der Waals surface area contributed by atoms with Crippen molar-refractivity contribution in [1.29, 1.82) is 0 Å². The first-order valence-corrected chi connectivity index (χ1v) is 11.0. The largest absolute Gasteiger partial charge is 0.385 e. The van der Waals surface area contributed by atoms with Crippen LogP contribution in [0.1, 0.15) is 34.3 Å². The van der Waals surface area contributed by atoms with Crippen LogP contribution in [0.25, 0.3) is 17.0 Å². The molecule has 170 valence electrons. The minimum Gasteiger partial charge on any atom is -0.385 e. The second kappa shape index (κ2) is 9.13. The fraction of sp³-hybridized carbons (Fsp3) is 0.333. The minimum atomic E-state index is -0.231. The Bertz CT molecular complexity index is 1270. The normalized spacial score (nSPS) is 14.5. The number of hydrogen-bond acceptors (Lipinski definition) is 7. The molecule has 0 radical (unpaired) electrons. The first kappa shape index (κ1) is 21.3. The van der Waals surface area contributed by atoms with E-state index in [0.29, 0.717) is 23.1 Å². The number of aryl methyl sites for hydroxylation is 1. The van der Waals surface area contributed by atoms with Gasteiger partial charge in [0.2, 0.25) is 11.7 Å². The Hall–Kier alpha value is -3.56. The summed E-state index contributed by atoms with van der Waals surface area (Å²) in [4.78, 5) is 24.2. The number of pyridine rings is 1. The van der Waals surface area contributed by atoms with E-state index < -0.39 is 0 Å². The summed E-state index contributed by atoms with van der Waals surface area (Å²) < 4.78 is 12.4. The molecule has 1 aromatic carbocycles. The number of nitrogens with one attached hydrogen (secondary N) is 1. The van der Waals surface area contributed by atoms with Crippen LogP contribution >= 0.6 is 0 Å². The molecule has 0 unspecified atom stereocenters. The lowest BCUT2D eigenvalue weighted by molar-refractivity contribution is 0.102. The van der Waals surface area contributed by atoms with Crippen molar-refractivity contribution in [3.8, 4) is 11.4 Å². The van der Waals surface area contributed by atoms with Gasteiger partial charge in [-0.25, -0.2) is 4.98 Å². The highest BCUT2D eigenvalue weighted by atomic mass is 16.5. The van der Waals surface area contributed by atoms with Crippen LogP contribution in [0, 0.1) is 6.92 Å². The van der Waals surface area contributed by atoms with Crippen LogP contribution in [-0.4, -0.2) is 63.7 Å². The lowest BCUT2D eigenvalue weighted by atomic mass is 10.00. The third kappa shape index (κ3) is 4.37. The Labute approximate surface area is 191 Å². The maximum atomic E-state index is 12.9. The van der Waals surface area contributed by atoms with Crippen molar-refractivity contribution in [3.63, 3.8) is 0 Å². The Morgan fingerprint density at radius 2 is 2.15 bits per heavy atom. The van der Waals surface area contributed by atoms with E-state index in [1.807, 2.05) is 49.5 Å². The molecular weight excluding hydrogens is 420 g/mol. The van der Waals surface area contributed by atoms with E-state index in [1.165, 1.54) is 0 Å². The Kier molecular flexibility index (Phi) is 5.89. The first-order valence-electron chi connectivity index (χ1n) is 11.0. The summed E-state index contributed by atoms with van der Waals surface area (Å²) in [6.07, 6.45) is 4.41. The molecule has 0 saturated carbocycles. The summed E-state index contributed by atoms with van der Waals surface area (Å²) in [5.41, 5.74) is 3.62. The Morgan fingerprint density at radius 1 is 1.27 bits per heavy atom. The highest BCUT2D eigenvalue weighted by Gasteiger charge is 2.32. The Morgan fingerprint density at radius 3 is 3.00 bits per heavy atom. The summed E-state index contributed by atoms with van der Waals surface area (Å²) in [6, 6.07) is 11.4. The second-order valence-electron chi connectivity index (χ2n) is 8.32. The second-order valence-corrected chi connectivity index (χ2v) is 8.32. The topological polar surface area (TPSA) is 97.8 Å². The van der Waals surface area contributed by atoms with E-state index in [4.69, 9.17) is 9.26 Å². The fourth-order valence-electron chi connectivity index (χ4n) is 4.04. The molecule has 4 aromatic rings. The van der Waals surface area contributed by atoms with Gasteiger partial charge in [0.15, 0.2) is 0 Å². The first-order chi connectivity index (χ1) is 16.1. The number of ether oxygens (including phenoxy) is 1. The van der Waals surface area contributed by atoms with Gasteiger partial charge in [0.25, 0.3) is 5.91 Å². The zero-order chi connectivity index (χ0) is 22.8.